The lowest BCUT2D eigenvalue weighted by Gasteiger charge is -2.04. The molecule has 0 saturated carbocycles. The molecule has 0 bridgehead atoms. The first-order valence-electron chi connectivity index (χ1n) is 9.62. The molecule has 0 radical (unpaired) electrons. The molecule has 1 rings (SSSR count). The molecular formula is C23H37NO3. The summed E-state index contributed by atoms with van der Waals surface area (Å²) in [5.41, 5.74) is 8.65. The van der Waals surface area contributed by atoms with Crippen LogP contribution in [-0.2, 0) is 9.53 Å². The van der Waals surface area contributed by atoms with Crippen LogP contribution in [0.5, 0.6) is 0 Å². The third-order valence-corrected chi connectivity index (χ3v) is 3.41. The topological polar surface area (TPSA) is 72.5 Å². The predicted molar refractivity (Wildman–Crippen MR) is 118 cm³/mol. The molecule has 0 aliphatic rings. The number of hydrogen-bond donors (Lipinski definition) is 2. The van der Waals surface area contributed by atoms with Crippen molar-refractivity contribution in [2.24, 2.45) is 0 Å². The van der Waals surface area contributed by atoms with Gasteiger partial charge >= 0.3 is 5.97 Å². The zero-order chi connectivity index (χ0) is 21.1. The minimum Gasteiger partial charge on any atom is -0.494 e. The van der Waals surface area contributed by atoms with Crippen LogP contribution < -0.4 is 5.73 Å². The number of aryl methyl sites for hydroxylation is 1. The highest BCUT2D eigenvalue weighted by molar-refractivity contribution is 5.80. The van der Waals surface area contributed by atoms with Crippen LogP contribution in [0, 0.1) is 6.92 Å². The summed E-state index contributed by atoms with van der Waals surface area (Å²) in [6, 6.07) is 5.93. The Morgan fingerprint density at radius 2 is 1.81 bits per heavy atom. The van der Waals surface area contributed by atoms with E-state index in [1.54, 1.807) is 6.08 Å². The Kier molecular flexibility index (Phi) is 18.1. The molecular weight excluding hydrogens is 338 g/mol. The Balaban J connectivity index is 0. The van der Waals surface area contributed by atoms with Gasteiger partial charge in [0.05, 0.1) is 6.61 Å². The SMILES string of the molecule is C=C(/C=C\C(=O)O)OCCCCCCC.C=Cc1ccc(C)cc1N.CC. The molecule has 0 saturated heterocycles. The minimum atomic E-state index is -0.984. The van der Waals surface area contributed by atoms with Crippen molar-refractivity contribution in [2.75, 3.05) is 12.3 Å². The zero-order valence-electron chi connectivity index (χ0n) is 17.5. The Morgan fingerprint density at radius 1 is 1.19 bits per heavy atom. The molecule has 0 spiro atoms. The van der Waals surface area contributed by atoms with E-state index >= 15 is 0 Å². The number of allylic oxidation sites excluding steroid dienone is 1. The summed E-state index contributed by atoms with van der Waals surface area (Å²) in [7, 11) is 0. The van der Waals surface area contributed by atoms with Gasteiger partial charge in [-0.3, -0.25) is 0 Å². The minimum absolute atomic E-state index is 0.410. The number of benzene rings is 1. The fraction of sp³-hybridized carbons (Fsp3) is 0.435. The maximum atomic E-state index is 10.2. The maximum absolute atomic E-state index is 10.2. The van der Waals surface area contributed by atoms with Crippen LogP contribution in [0.3, 0.4) is 0 Å². The van der Waals surface area contributed by atoms with Crippen molar-refractivity contribution in [2.45, 2.75) is 59.8 Å². The van der Waals surface area contributed by atoms with E-state index in [2.05, 4.69) is 20.1 Å². The molecule has 4 heteroatoms. The van der Waals surface area contributed by atoms with Gasteiger partial charge in [-0.15, -0.1) is 0 Å². The molecule has 152 valence electrons. The maximum Gasteiger partial charge on any atom is 0.328 e. The van der Waals surface area contributed by atoms with E-state index in [-0.39, 0.29) is 0 Å². The molecule has 4 nitrogen and oxygen atoms in total. The molecule has 3 N–H and O–H groups in total. The lowest BCUT2D eigenvalue weighted by Crippen LogP contribution is -1.93. The normalized spacial score (nSPS) is 9.48. The number of ether oxygens (including phenoxy) is 1. The molecule has 0 aromatic heterocycles. The molecule has 0 aliphatic heterocycles. The van der Waals surface area contributed by atoms with E-state index in [0.717, 1.165) is 30.2 Å². The van der Waals surface area contributed by atoms with Gasteiger partial charge in [0.2, 0.25) is 0 Å². The van der Waals surface area contributed by atoms with Gasteiger partial charge in [0.25, 0.3) is 0 Å². The summed E-state index contributed by atoms with van der Waals surface area (Å²) in [5, 5.41) is 8.35. The number of unbranched alkanes of at least 4 members (excludes halogenated alkanes) is 4. The highest BCUT2D eigenvalue weighted by Crippen LogP contribution is 2.13. The van der Waals surface area contributed by atoms with Crippen molar-refractivity contribution < 1.29 is 14.6 Å². The largest absolute Gasteiger partial charge is 0.494 e. The average molecular weight is 376 g/mol. The van der Waals surface area contributed by atoms with Crippen LogP contribution in [-0.4, -0.2) is 17.7 Å². The molecule has 0 aliphatic carbocycles. The predicted octanol–water partition coefficient (Wildman–Crippen LogP) is 6.37. The highest BCUT2D eigenvalue weighted by Gasteiger charge is 1.93. The Labute approximate surface area is 165 Å². The first kappa shape index (κ1) is 26.7. The lowest BCUT2D eigenvalue weighted by atomic mass is 10.1. The fourth-order valence-electron chi connectivity index (χ4n) is 2.00. The van der Waals surface area contributed by atoms with Gasteiger partial charge in [0, 0.05) is 11.8 Å². The molecule has 0 unspecified atom stereocenters. The van der Waals surface area contributed by atoms with Gasteiger partial charge in [-0.05, 0) is 36.6 Å². The summed E-state index contributed by atoms with van der Waals surface area (Å²) in [4.78, 5) is 10.2. The van der Waals surface area contributed by atoms with Gasteiger partial charge in [0.15, 0.2) is 0 Å². The first-order valence-corrected chi connectivity index (χ1v) is 9.62. The molecule has 0 fully saturated rings. The summed E-state index contributed by atoms with van der Waals surface area (Å²) in [6.45, 7) is 16.0. The van der Waals surface area contributed by atoms with Gasteiger partial charge in [-0.25, -0.2) is 4.79 Å². The molecule has 0 heterocycles. The van der Waals surface area contributed by atoms with Gasteiger partial charge in [-0.2, -0.15) is 0 Å². The van der Waals surface area contributed by atoms with Crippen molar-refractivity contribution in [3.05, 3.63) is 60.4 Å². The third-order valence-electron chi connectivity index (χ3n) is 3.41. The number of hydrogen-bond acceptors (Lipinski definition) is 3. The number of anilines is 1. The van der Waals surface area contributed by atoms with Crippen LogP contribution in [0.1, 0.15) is 64.0 Å². The van der Waals surface area contributed by atoms with E-state index in [0.29, 0.717) is 12.4 Å². The van der Waals surface area contributed by atoms with E-state index in [4.69, 9.17) is 15.6 Å². The third kappa shape index (κ3) is 16.7. The van der Waals surface area contributed by atoms with Crippen molar-refractivity contribution in [3.63, 3.8) is 0 Å². The zero-order valence-corrected chi connectivity index (χ0v) is 17.5. The first-order chi connectivity index (χ1) is 12.9. The van der Waals surface area contributed by atoms with E-state index in [1.807, 2.05) is 39.0 Å². The van der Waals surface area contributed by atoms with Crippen molar-refractivity contribution in [3.8, 4) is 0 Å². The number of nitrogen functional groups attached to an aromatic ring is 1. The molecule has 0 amide bonds. The van der Waals surface area contributed by atoms with Crippen molar-refractivity contribution >= 4 is 17.7 Å². The molecule has 1 aromatic rings. The Hall–Kier alpha value is -2.49. The monoisotopic (exact) mass is 375 g/mol. The second kappa shape index (κ2) is 18.3. The van der Waals surface area contributed by atoms with E-state index in [9.17, 15) is 4.79 Å². The standard InChI is InChI=1S/C12H20O3.C9H11N.C2H6/c1-3-4-5-6-7-10-15-11(2)8-9-12(13)14;1-3-8-5-4-7(2)6-9(8)10;1-2/h8-9H,2-7,10H2,1H3,(H,13,14);3-6H,1,10H2,2H3;1-2H3/b9-8-;;. The summed E-state index contributed by atoms with van der Waals surface area (Å²) in [5.74, 6) is -0.574. The number of aliphatic carboxylic acids is 1. The molecule has 1 aromatic carbocycles. The van der Waals surface area contributed by atoms with Crippen molar-refractivity contribution in [1.82, 2.24) is 0 Å². The smallest absolute Gasteiger partial charge is 0.328 e. The summed E-state index contributed by atoms with van der Waals surface area (Å²) in [6.07, 6.45) is 10.0. The number of nitrogens with two attached hydrogens (primary N) is 1. The second-order valence-corrected chi connectivity index (χ2v) is 5.74. The summed E-state index contributed by atoms with van der Waals surface area (Å²) < 4.78 is 5.23. The lowest BCUT2D eigenvalue weighted by molar-refractivity contribution is -0.131. The number of rotatable bonds is 10. The van der Waals surface area contributed by atoms with Gasteiger partial charge in [0.1, 0.15) is 5.76 Å². The van der Waals surface area contributed by atoms with Crippen LogP contribution in [0.4, 0.5) is 5.69 Å². The highest BCUT2D eigenvalue weighted by atomic mass is 16.5. The number of carboxylic acid groups (broad SMARTS) is 1. The quantitative estimate of drug-likeness (QED) is 0.164. The Bertz CT molecular complexity index is 577. The number of carbonyl (C=O) groups is 1. The van der Waals surface area contributed by atoms with E-state index < -0.39 is 5.97 Å². The van der Waals surface area contributed by atoms with Gasteiger partial charge in [-0.1, -0.05) is 77.8 Å². The molecule has 27 heavy (non-hydrogen) atoms. The van der Waals surface area contributed by atoms with Crippen molar-refractivity contribution in [1.29, 1.82) is 0 Å². The van der Waals surface area contributed by atoms with Crippen LogP contribution in [0.25, 0.3) is 6.08 Å². The van der Waals surface area contributed by atoms with E-state index in [1.165, 1.54) is 30.9 Å². The van der Waals surface area contributed by atoms with Crippen LogP contribution in [0.2, 0.25) is 0 Å². The average Bonchev–Trinajstić information content (AvgIpc) is 2.65. The fourth-order valence-corrected chi connectivity index (χ4v) is 2.00. The van der Waals surface area contributed by atoms with Crippen LogP contribution >= 0.6 is 0 Å². The number of carboxylic acids is 1. The second-order valence-electron chi connectivity index (χ2n) is 5.74. The van der Waals surface area contributed by atoms with Crippen LogP contribution in [0.15, 0.2) is 49.3 Å². The van der Waals surface area contributed by atoms with Gasteiger partial charge < -0.3 is 15.6 Å². The molecule has 0 atom stereocenters. The summed E-state index contributed by atoms with van der Waals surface area (Å²) >= 11 is 0. The Morgan fingerprint density at radius 3 is 2.33 bits per heavy atom.